The molecule has 1 aromatic rings. The third kappa shape index (κ3) is 2.06. The first-order valence-corrected chi connectivity index (χ1v) is 4.44. The van der Waals surface area contributed by atoms with Gasteiger partial charge in [-0.2, -0.15) is 13.2 Å². The van der Waals surface area contributed by atoms with Crippen LogP contribution in [0.15, 0.2) is 18.2 Å². The van der Waals surface area contributed by atoms with E-state index in [0.29, 0.717) is 5.75 Å². The molecule has 0 N–H and O–H groups in total. The Morgan fingerprint density at radius 2 is 2.00 bits per heavy atom. The van der Waals surface area contributed by atoms with Gasteiger partial charge < -0.3 is 4.74 Å². The second-order valence-electron chi connectivity index (χ2n) is 3.43. The molecule has 1 unspecified atom stereocenters. The van der Waals surface area contributed by atoms with E-state index in [9.17, 15) is 17.6 Å². The summed E-state index contributed by atoms with van der Waals surface area (Å²) in [5, 5.41) is 0. The van der Waals surface area contributed by atoms with Crippen molar-refractivity contribution in [2.24, 2.45) is 0 Å². The fourth-order valence-corrected chi connectivity index (χ4v) is 1.53. The Balaban J connectivity index is 2.37. The number of benzene rings is 1. The summed E-state index contributed by atoms with van der Waals surface area (Å²) < 4.78 is 54.8. The highest BCUT2D eigenvalue weighted by molar-refractivity contribution is 5.40. The number of fused-ring (bicyclic) bond motifs is 1. The van der Waals surface area contributed by atoms with Crippen molar-refractivity contribution in [3.05, 3.63) is 29.3 Å². The predicted octanol–water partition coefficient (Wildman–Crippen LogP) is 2.98. The summed E-state index contributed by atoms with van der Waals surface area (Å²) in [6.45, 7) is -0.0850. The SMILES string of the molecule is FC1COc2ccc(C(F)(F)F)cc2C1. The molecule has 2 rings (SSSR count). The second kappa shape index (κ2) is 3.40. The Hall–Kier alpha value is -1.26. The van der Waals surface area contributed by atoms with Crippen molar-refractivity contribution in [3.8, 4) is 5.75 Å². The molecule has 0 saturated carbocycles. The van der Waals surface area contributed by atoms with Crippen LogP contribution < -0.4 is 4.74 Å². The van der Waals surface area contributed by atoms with Gasteiger partial charge in [0.25, 0.3) is 0 Å². The maximum absolute atomic E-state index is 12.9. The van der Waals surface area contributed by atoms with Crippen molar-refractivity contribution in [1.82, 2.24) is 0 Å². The van der Waals surface area contributed by atoms with Gasteiger partial charge in [-0.1, -0.05) is 0 Å². The van der Waals surface area contributed by atoms with Crippen LogP contribution in [0.1, 0.15) is 11.1 Å². The first-order valence-electron chi connectivity index (χ1n) is 4.44. The molecule has 0 amide bonds. The molecule has 1 heterocycles. The molecule has 0 radical (unpaired) electrons. The first kappa shape index (κ1) is 10.3. The lowest BCUT2D eigenvalue weighted by Crippen LogP contribution is -2.22. The molecule has 0 aliphatic carbocycles. The van der Waals surface area contributed by atoms with E-state index in [-0.39, 0.29) is 18.6 Å². The van der Waals surface area contributed by atoms with Gasteiger partial charge in [0.1, 0.15) is 18.5 Å². The standard InChI is InChI=1S/C10H8F4O/c11-8-4-6-3-7(10(12,13)14)1-2-9(6)15-5-8/h1-3,8H,4-5H2. The van der Waals surface area contributed by atoms with Gasteiger partial charge in [0, 0.05) is 6.42 Å². The van der Waals surface area contributed by atoms with Crippen LogP contribution in [0.25, 0.3) is 0 Å². The summed E-state index contributed by atoms with van der Waals surface area (Å²) in [7, 11) is 0. The van der Waals surface area contributed by atoms with E-state index in [1.807, 2.05) is 0 Å². The third-order valence-electron chi connectivity index (χ3n) is 2.25. The molecule has 0 aromatic heterocycles. The topological polar surface area (TPSA) is 9.23 Å². The number of ether oxygens (including phenoxy) is 1. The summed E-state index contributed by atoms with van der Waals surface area (Å²) in [6.07, 6.45) is -5.63. The molecule has 1 atom stereocenters. The van der Waals surface area contributed by atoms with Crippen LogP contribution in [-0.2, 0) is 12.6 Å². The van der Waals surface area contributed by atoms with Crippen LogP contribution in [-0.4, -0.2) is 12.8 Å². The Kier molecular flexibility index (Phi) is 2.32. The maximum atomic E-state index is 12.9. The Morgan fingerprint density at radius 1 is 1.27 bits per heavy atom. The normalized spacial score (nSPS) is 20.7. The number of halogens is 4. The van der Waals surface area contributed by atoms with Gasteiger partial charge in [-0.05, 0) is 23.8 Å². The molecule has 15 heavy (non-hydrogen) atoms. The van der Waals surface area contributed by atoms with Gasteiger partial charge >= 0.3 is 6.18 Å². The molecule has 0 spiro atoms. The van der Waals surface area contributed by atoms with Crippen molar-refractivity contribution < 1.29 is 22.3 Å². The minimum absolute atomic E-state index is 0.0146. The number of rotatable bonds is 0. The van der Waals surface area contributed by atoms with Crippen molar-refractivity contribution in [2.75, 3.05) is 6.61 Å². The zero-order chi connectivity index (χ0) is 11.1. The molecule has 1 aliphatic heterocycles. The average Bonchev–Trinajstić information content (AvgIpc) is 2.15. The highest BCUT2D eigenvalue weighted by atomic mass is 19.4. The molecule has 0 bridgehead atoms. The zero-order valence-electron chi connectivity index (χ0n) is 7.64. The van der Waals surface area contributed by atoms with E-state index < -0.39 is 17.9 Å². The molecule has 0 fully saturated rings. The van der Waals surface area contributed by atoms with Crippen molar-refractivity contribution in [2.45, 2.75) is 18.8 Å². The van der Waals surface area contributed by atoms with Gasteiger partial charge in [-0.25, -0.2) is 4.39 Å². The van der Waals surface area contributed by atoms with Crippen LogP contribution in [0, 0.1) is 0 Å². The van der Waals surface area contributed by atoms with E-state index in [0.717, 1.165) is 12.1 Å². The van der Waals surface area contributed by atoms with E-state index >= 15 is 0 Å². The van der Waals surface area contributed by atoms with Crippen LogP contribution in [0.5, 0.6) is 5.75 Å². The quantitative estimate of drug-likeness (QED) is 0.611. The maximum Gasteiger partial charge on any atom is 0.416 e. The Morgan fingerprint density at radius 3 is 2.67 bits per heavy atom. The minimum Gasteiger partial charge on any atom is -0.490 e. The highest BCUT2D eigenvalue weighted by Crippen LogP contribution is 2.34. The molecule has 82 valence electrons. The third-order valence-corrected chi connectivity index (χ3v) is 2.25. The lowest BCUT2D eigenvalue weighted by atomic mass is 10.0. The second-order valence-corrected chi connectivity index (χ2v) is 3.43. The minimum atomic E-state index is -4.39. The Labute approximate surface area is 83.7 Å². The fourth-order valence-electron chi connectivity index (χ4n) is 1.53. The highest BCUT2D eigenvalue weighted by Gasteiger charge is 2.32. The summed E-state index contributed by atoms with van der Waals surface area (Å²) in [4.78, 5) is 0. The molecule has 1 aromatic carbocycles. The van der Waals surface area contributed by atoms with Crippen molar-refractivity contribution >= 4 is 0 Å². The summed E-state index contributed by atoms with van der Waals surface area (Å²) in [5.74, 6) is 0.344. The number of hydrogen-bond acceptors (Lipinski definition) is 1. The molecule has 0 saturated heterocycles. The zero-order valence-corrected chi connectivity index (χ0v) is 7.64. The molecular formula is C10H8F4O. The van der Waals surface area contributed by atoms with Crippen LogP contribution in [0.2, 0.25) is 0 Å². The van der Waals surface area contributed by atoms with Gasteiger partial charge in [-0.3, -0.25) is 0 Å². The van der Waals surface area contributed by atoms with Crippen molar-refractivity contribution in [1.29, 1.82) is 0 Å². The van der Waals surface area contributed by atoms with Crippen LogP contribution >= 0.6 is 0 Å². The van der Waals surface area contributed by atoms with Crippen LogP contribution in [0.4, 0.5) is 17.6 Å². The van der Waals surface area contributed by atoms with Gasteiger partial charge in [-0.15, -0.1) is 0 Å². The van der Waals surface area contributed by atoms with Gasteiger partial charge in [0.05, 0.1) is 5.56 Å². The molecular weight excluding hydrogens is 212 g/mol. The van der Waals surface area contributed by atoms with Crippen LogP contribution in [0.3, 0.4) is 0 Å². The van der Waals surface area contributed by atoms with E-state index in [1.54, 1.807) is 0 Å². The lowest BCUT2D eigenvalue weighted by Gasteiger charge is -2.21. The van der Waals surface area contributed by atoms with E-state index in [1.165, 1.54) is 6.07 Å². The van der Waals surface area contributed by atoms with Gasteiger partial charge in [0.2, 0.25) is 0 Å². The first-order chi connectivity index (χ1) is 6.97. The van der Waals surface area contributed by atoms with E-state index in [2.05, 4.69) is 0 Å². The largest absolute Gasteiger partial charge is 0.490 e. The lowest BCUT2D eigenvalue weighted by molar-refractivity contribution is -0.137. The van der Waals surface area contributed by atoms with E-state index in [4.69, 9.17) is 4.74 Å². The Bertz CT molecular complexity index is 372. The smallest absolute Gasteiger partial charge is 0.416 e. The predicted molar refractivity (Wildman–Crippen MR) is 45.5 cm³/mol. The number of alkyl halides is 4. The molecule has 1 nitrogen and oxygen atoms in total. The monoisotopic (exact) mass is 220 g/mol. The summed E-state index contributed by atoms with van der Waals surface area (Å²) in [5.41, 5.74) is -0.484. The van der Waals surface area contributed by atoms with Crippen molar-refractivity contribution in [3.63, 3.8) is 0 Å². The fraction of sp³-hybridized carbons (Fsp3) is 0.400. The molecule has 5 heteroatoms. The molecule has 1 aliphatic rings. The summed E-state index contributed by atoms with van der Waals surface area (Å²) in [6, 6.07) is 3.13. The van der Waals surface area contributed by atoms with Gasteiger partial charge in [0.15, 0.2) is 0 Å². The number of hydrogen-bond donors (Lipinski definition) is 0. The summed E-state index contributed by atoms with van der Waals surface area (Å²) >= 11 is 0. The average molecular weight is 220 g/mol.